The third-order valence-electron chi connectivity index (χ3n) is 3.73. The van der Waals surface area contributed by atoms with Gasteiger partial charge in [-0.15, -0.1) is 0 Å². The second kappa shape index (κ2) is 12.1. The number of hydrogen-bond donors (Lipinski definition) is 1. The number of hydrogen-bond acceptors (Lipinski definition) is 2. The maximum absolute atomic E-state index is 12.3. The highest BCUT2D eigenvalue weighted by Gasteiger charge is 2.19. The molecule has 1 aliphatic carbocycles. The van der Waals surface area contributed by atoms with Crippen molar-refractivity contribution in [3.8, 4) is 0 Å². The molecule has 0 unspecified atom stereocenters. The van der Waals surface area contributed by atoms with Gasteiger partial charge in [0.05, 0.1) is 0 Å². The molecule has 2 nitrogen and oxygen atoms in total. The predicted octanol–water partition coefficient (Wildman–Crippen LogP) is 6.52. The number of nitrogens with two attached hydrogens (primary N) is 1. The Hall–Kier alpha value is -2.35. The molecule has 136 valence electrons. The van der Waals surface area contributed by atoms with Crippen LogP contribution in [-0.2, 0) is 4.79 Å². The topological polar surface area (TPSA) is 43.1 Å². The van der Waals surface area contributed by atoms with Crippen molar-refractivity contribution in [3.63, 3.8) is 0 Å². The van der Waals surface area contributed by atoms with E-state index in [0.29, 0.717) is 12.0 Å². The van der Waals surface area contributed by atoms with Crippen LogP contribution in [0.25, 0.3) is 5.57 Å². The number of ketones is 1. The first-order chi connectivity index (χ1) is 12.0. The second-order valence-corrected chi connectivity index (χ2v) is 5.38. The molecule has 0 aromatic heterocycles. The van der Waals surface area contributed by atoms with Crippen LogP contribution >= 0.6 is 0 Å². The number of allylic oxidation sites excluding steroid dienone is 7. The summed E-state index contributed by atoms with van der Waals surface area (Å²) in [5.41, 5.74) is 11.3. The molecule has 0 atom stereocenters. The molecule has 0 bridgehead atoms. The highest BCUT2D eigenvalue weighted by atomic mass is 16.1. The monoisotopic (exact) mass is 339 g/mol. The standard InChI is InChI=1S/C19H21NO.2C2H6/c1-4-13(2)5-10-18-14(3)11-16(12-19(18)21)15-6-8-17(20)9-7-15;2*1-2/h5-10,12H,3-4,11,20H2,1-2H3;2*1-2H3/b13-5+,18-10+;;. The molecule has 0 saturated heterocycles. The van der Waals surface area contributed by atoms with Crippen LogP contribution in [0.15, 0.2) is 65.8 Å². The smallest absolute Gasteiger partial charge is 0.186 e. The van der Waals surface area contributed by atoms with E-state index in [-0.39, 0.29) is 5.78 Å². The molecule has 0 amide bonds. The molecule has 1 aromatic rings. The number of nitrogen functional groups attached to an aromatic ring is 1. The zero-order valence-electron chi connectivity index (χ0n) is 16.6. The third kappa shape index (κ3) is 6.96. The van der Waals surface area contributed by atoms with Gasteiger partial charge in [0.2, 0.25) is 0 Å². The lowest BCUT2D eigenvalue weighted by Gasteiger charge is -2.17. The third-order valence-corrected chi connectivity index (χ3v) is 3.73. The van der Waals surface area contributed by atoms with Crippen LogP contribution in [-0.4, -0.2) is 5.78 Å². The molecule has 1 aromatic carbocycles. The highest BCUT2D eigenvalue weighted by Crippen LogP contribution is 2.31. The molecule has 2 rings (SSSR count). The van der Waals surface area contributed by atoms with Crippen molar-refractivity contribution in [3.05, 3.63) is 71.4 Å². The zero-order chi connectivity index (χ0) is 19.4. The highest BCUT2D eigenvalue weighted by molar-refractivity contribution is 6.13. The summed E-state index contributed by atoms with van der Waals surface area (Å²) in [6, 6.07) is 7.58. The Bertz CT molecular complexity index is 658. The summed E-state index contributed by atoms with van der Waals surface area (Å²) in [5, 5.41) is 0. The average Bonchev–Trinajstić information content (AvgIpc) is 2.64. The molecule has 0 fully saturated rings. The first kappa shape index (κ1) is 22.6. The summed E-state index contributed by atoms with van der Waals surface area (Å²) in [6.07, 6.45) is 7.28. The van der Waals surface area contributed by atoms with Gasteiger partial charge in [-0.25, -0.2) is 0 Å². The van der Waals surface area contributed by atoms with E-state index in [2.05, 4.69) is 20.4 Å². The first-order valence-electron chi connectivity index (χ1n) is 9.17. The van der Waals surface area contributed by atoms with Crippen LogP contribution in [0.2, 0.25) is 0 Å². The van der Waals surface area contributed by atoms with Crippen molar-refractivity contribution >= 4 is 17.0 Å². The van der Waals surface area contributed by atoms with E-state index in [1.165, 1.54) is 5.57 Å². The van der Waals surface area contributed by atoms with Crippen LogP contribution in [0.4, 0.5) is 5.69 Å². The summed E-state index contributed by atoms with van der Waals surface area (Å²) < 4.78 is 0. The van der Waals surface area contributed by atoms with Crippen molar-refractivity contribution in [2.75, 3.05) is 5.73 Å². The molecule has 0 saturated carbocycles. The summed E-state index contributed by atoms with van der Waals surface area (Å²) in [7, 11) is 0. The lowest BCUT2D eigenvalue weighted by molar-refractivity contribution is -0.111. The first-order valence-corrected chi connectivity index (χ1v) is 9.17. The van der Waals surface area contributed by atoms with Gasteiger partial charge in [-0.05, 0) is 54.7 Å². The van der Waals surface area contributed by atoms with Gasteiger partial charge in [0, 0.05) is 11.3 Å². The molecule has 1 aliphatic rings. The van der Waals surface area contributed by atoms with Crippen LogP contribution < -0.4 is 5.73 Å². The summed E-state index contributed by atoms with van der Waals surface area (Å²) >= 11 is 0. The van der Waals surface area contributed by atoms with E-state index in [1.54, 1.807) is 6.08 Å². The molecule has 0 radical (unpaired) electrons. The van der Waals surface area contributed by atoms with Crippen molar-refractivity contribution in [2.45, 2.75) is 54.4 Å². The average molecular weight is 340 g/mol. The summed E-state index contributed by atoms with van der Waals surface area (Å²) in [6.45, 7) is 16.2. The molecular formula is C23H33NO. The predicted molar refractivity (Wildman–Crippen MR) is 112 cm³/mol. The Morgan fingerprint density at radius 3 is 2.20 bits per heavy atom. The van der Waals surface area contributed by atoms with Crippen LogP contribution in [0.5, 0.6) is 0 Å². The van der Waals surface area contributed by atoms with Gasteiger partial charge in [0.1, 0.15) is 0 Å². The maximum Gasteiger partial charge on any atom is 0.186 e. The fraction of sp³-hybridized carbons (Fsp3) is 0.348. The van der Waals surface area contributed by atoms with Gasteiger partial charge in [0.15, 0.2) is 5.78 Å². The minimum Gasteiger partial charge on any atom is -0.399 e. The number of rotatable bonds is 3. The van der Waals surface area contributed by atoms with E-state index in [0.717, 1.165) is 28.8 Å². The molecular weight excluding hydrogens is 306 g/mol. The fourth-order valence-corrected chi connectivity index (χ4v) is 2.21. The molecule has 0 aliphatic heterocycles. The van der Waals surface area contributed by atoms with Gasteiger partial charge >= 0.3 is 0 Å². The molecule has 2 heteroatoms. The Kier molecular flexibility index (Phi) is 10.9. The minimum atomic E-state index is 0.0261. The zero-order valence-corrected chi connectivity index (χ0v) is 16.6. The normalized spacial score (nSPS) is 15.7. The lowest BCUT2D eigenvalue weighted by atomic mass is 9.86. The van der Waals surface area contributed by atoms with Gasteiger partial charge in [-0.1, -0.05) is 71.1 Å². The molecule has 0 spiro atoms. The van der Waals surface area contributed by atoms with E-state index in [1.807, 2.05) is 64.1 Å². The summed E-state index contributed by atoms with van der Waals surface area (Å²) in [4.78, 5) is 12.3. The molecule has 2 N–H and O–H groups in total. The van der Waals surface area contributed by atoms with Crippen LogP contribution in [0.3, 0.4) is 0 Å². The number of carbonyl (C=O) groups excluding carboxylic acids is 1. The van der Waals surface area contributed by atoms with E-state index in [4.69, 9.17) is 5.73 Å². The van der Waals surface area contributed by atoms with Crippen molar-refractivity contribution in [1.82, 2.24) is 0 Å². The van der Waals surface area contributed by atoms with Crippen LogP contribution in [0.1, 0.15) is 59.9 Å². The van der Waals surface area contributed by atoms with Gasteiger partial charge in [-0.2, -0.15) is 0 Å². The number of benzene rings is 1. The Morgan fingerprint density at radius 1 is 1.16 bits per heavy atom. The lowest BCUT2D eigenvalue weighted by Crippen LogP contribution is -2.09. The fourth-order valence-electron chi connectivity index (χ4n) is 2.21. The van der Waals surface area contributed by atoms with E-state index in [9.17, 15) is 4.79 Å². The van der Waals surface area contributed by atoms with Gasteiger partial charge in [0.25, 0.3) is 0 Å². The molecule has 25 heavy (non-hydrogen) atoms. The van der Waals surface area contributed by atoms with E-state index < -0.39 is 0 Å². The van der Waals surface area contributed by atoms with Crippen molar-refractivity contribution in [1.29, 1.82) is 0 Å². The number of carbonyl (C=O) groups is 1. The van der Waals surface area contributed by atoms with Crippen molar-refractivity contribution in [2.24, 2.45) is 0 Å². The Labute approximate surface area is 153 Å². The van der Waals surface area contributed by atoms with E-state index >= 15 is 0 Å². The van der Waals surface area contributed by atoms with Gasteiger partial charge in [-0.3, -0.25) is 4.79 Å². The molecule has 0 heterocycles. The largest absolute Gasteiger partial charge is 0.399 e. The maximum atomic E-state index is 12.3. The van der Waals surface area contributed by atoms with Crippen molar-refractivity contribution < 1.29 is 4.79 Å². The van der Waals surface area contributed by atoms with Gasteiger partial charge < -0.3 is 5.73 Å². The van der Waals surface area contributed by atoms with Crippen LogP contribution in [0, 0.1) is 0 Å². The summed E-state index contributed by atoms with van der Waals surface area (Å²) in [5.74, 6) is 0.0261. The Balaban J connectivity index is 0.00000134. The minimum absolute atomic E-state index is 0.0261. The number of anilines is 1. The Morgan fingerprint density at radius 2 is 1.72 bits per heavy atom. The second-order valence-electron chi connectivity index (χ2n) is 5.38. The quantitative estimate of drug-likeness (QED) is 0.503. The SMILES string of the molecule is C=C1CC(c2ccc(N)cc2)=CC(=O)/C1=C/C=C(\C)CC.CC.CC.